The van der Waals surface area contributed by atoms with Crippen molar-refractivity contribution >= 4 is 0 Å². The SMILES string of the molecule is c1coc(C(CNC2CCOC2)N2CCCC2)c1. The summed E-state index contributed by atoms with van der Waals surface area (Å²) < 4.78 is 11.0. The van der Waals surface area contributed by atoms with Gasteiger partial charge in [-0.25, -0.2) is 0 Å². The van der Waals surface area contributed by atoms with Gasteiger partial charge in [-0.3, -0.25) is 4.90 Å². The normalized spacial score (nSPS) is 26.8. The van der Waals surface area contributed by atoms with E-state index in [1.807, 2.05) is 6.07 Å². The van der Waals surface area contributed by atoms with Crippen molar-refractivity contribution in [2.75, 3.05) is 32.8 Å². The molecule has 18 heavy (non-hydrogen) atoms. The first kappa shape index (κ1) is 12.2. The van der Waals surface area contributed by atoms with E-state index in [2.05, 4.69) is 16.3 Å². The van der Waals surface area contributed by atoms with Gasteiger partial charge in [0.15, 0.2) is 0 Å². The molecule has 3 rings (SSSR count). The second kappa shape index (κ2) is 5.87. The quantitative estimate of drug-likeness (QED) is 0.864. The minimum absolute atomic E-state index is 0.378. The molecule has 1 aromatic rings. The van der Waals surface area contributed by atoms with Crippen LogP contribution in [0.15, 0.2) is 22.8 Å². The summed E-state index contributed by atoms with van der Waals surface area (Å²) in [5.74, 6) is 1.09. The first-order valence-corrected chi connectivity index (χ1v) is 7.02. The summed E-state index contributed by atoms with van der Waals surface area (Å²) in [5, 5.41) is 3.62. The molecule has 1 aromatic heterocycles. The Morgan fingerprint density at radius 1 is 1.39 bits per heavy atom. The summed E-state index contributed by atoms with van der Waals surface area (Å²) in [6, 6.07) is 4.97. The summed E-state index contributed by atoms with van der Waals surface area (Å²) in [6.07, 6.45) is 5.52. The highest BCUT2D eigenvalue weighted by molar-refractivity contribution is 5.06. The average molecular weight is 250 g/mol. The third kappa shape index (κ3) is 2.76. The van der Waals surface area contributed by atoms with Crippen molar-refractivity contribution in [2.45, 2.75) is 31.3 Å². The third-order valence-electron chi connectivity index (χ3n) is 3.98. The van der Waals surface area contributed by atoms with Crippen LogP contribution in [0.25, 0.3) is 0 Å². The maximum Gasteiger partial charge on any atom is 0.122 e. The first-order chi connectivity index (χ1) is 8.93. The molecule has 0 amide bonds. The van der Waals surface area contributed by atoms with Crippen molar-refractivity contribution in [2.24, 2.45) is 0 Å². The molecule has 0 saturated carbocycles. The van der Waals surface area contributed by atoms with Crippen molar-refractivity contribution in [3.05, 3.63) is 24.2 Å². The largest absolute Gasteiger partial charge is 0.468 e. The molecule has 4 nitrogen and oxygen atoms in total. The highest BCUT2D eigenvalue weighted by atomic mass is 16.5. The Bertz CT molecular complexity index is 341. The Balaban J connectivity index is 1.61. The van der Waals surface area contributed by atoms with Crippen molar-refractivity contribution in [3.8, 4) is 0 Å². The zero-order valence-corrected chi connectivity index (χ0v) is 10.8. The Morgan fingerprint density at radius 2 is 2.28 bits per heavy atom. The fraction of sp³-hybridized carbons (Fsp3) is 0.714. The molecular weight excluding hydrogens is 228 g/mol. The molecule has 0 aromatic carbocycles. The number of ether oxygens (including phenoxy) is 1. The predicted octanol–water partition coefficient (Wildman–Crippen LogP) is 1.79. The van der Waals surface area contributed by atoms with E-state index in [0.29, 0.717) is 12.1 Å². The van der Waals surface area contributed by atoms with Gasteiger partial charge < -0.3 is 14.5 Å². The van der Waals surface area contributed by atoms with E-state index in [1.54, 1.807) is 6.26 Å². The topological polar surface area (TPSA) is 37.6 Å². The number of nitrogens with zero attached hydrogens (tertiary/aromatic N) is 1. The minimum atomic E-state index is 0.378. The van der Waals surface area contributed by atoms with E-state index in [1.165, 1.54) is 25.9 Å². The minimum Gasteiger partial charge on any atom is -0.468 e. The van der Waals surface area contributed by atoms with Crippen LogP contribution in [0.3, 0.4) is 0 Å². The molecule has 0 aliphatic carbocycles. The molecular formula is C14H22N2O2. The van der Waals surface area contributed by atoms with Gasteiger partial charge in [0.2, 0.25) is 0 Å². The third-order valence-corrected chi connectivity index (χ3v) is 3.98. The molecule has 100 valence electrons. The van der Waals surface area contributed by atoms with Crippen LogP contribution < -0.4 is 5.32 Å². The van der Waals surface area contributed by atoms with Gasteiger partial charge in [-0.05, 0) is 44.5 Å². The molecule has 2 aliphatic heterocycles. The number of nitrogens with one attached hydrogen (secondary N) is 1. The van der Waals surface area contributed by atoms with Crippen molar-refractivity contribution in [1.29, 1.82) is 0 Å². The highest BCUT2D eigenvalue weighted by Gasteiger charge is 2.26. The summed E-state index contributed by atoms with van der Waals surface area (Å²) in [5.41, 5.74) is 0. The monoisotopic (exact) mass is 250 g/mol. The van der Waals surface area contributed by atoms with Crippen LogP contribution in [0.1, 0.15) is 31.1 Å². The lowest BCUT2D eigenvalue weighted by atomic mass is 10.1. The Morgan fingerprint density at radius 3 is 2.94 bits per heavy atom. The van der Waals surface area contributed by atoms with E-state index in [4.69, 9.17) is 9.15 Å². The number of likely N-dealkylation sites (tertiary alicyclic amines) is 1. The van der Waals surface area contributed by atoms with Gasteiger partial charge in [0.25, 0.3) is 0 Å². The fourth-order valence-corrected chi connectivity index (χ4v) is 2.92. The van der Waals surface area contributed by atoms with Gasteiger partial charge >= 0.3 is 0 Å². The highest BCUT2D eigenvalue weighted by Crippen LogP contribution is 2.25. The molecule has 4 heteroatoms. The summed E-state index contributed by atoms with van der Waals surface area (Å²) in [4.78, 5) is 2.53. The van der Waals surface area contributed by atoms with Gasteiger partial charge in [-0.2, -0.15) is 0 Å². The zero-order valence-electron chi connectivity index (χ0n) is 10.8. The van der Waals surface area contributed by atoms with Gasteiger partial charge in [-0.1, -0.05) is 0 Å². The number of hydrogen-bond acceptors (Lipinski definition) is 4. The second-order valence-electron chi connectivity index (χ2n) is 5.24. The molecule has 2 fully saturated rings. The molecule has 0 spiro atoms. The van der Waals surface area contributed by atoms with Crippen molar-refractivity contribution in [1.82, 2.24) is 10.2 Å². The van der Waals surface area contributed by atoms with E-state index in [0.717, 1.165) is 31.9 Å². The molecule has 2 saturated heterocycles. The van der Waals surface area contributed by atoms with Crippen molar-refractivity contribution in [3.63, 3.8) is 0 Å². The van der Waals surface area contributed by atoms with E-state index >= 15 is 0 Å². The lowest BCUT2D eigenvalue weighted by Crippen LogP contribution is -2.38. The van der Waals surface area contributed by atoms with E-state index in [9.17, 15) is 0 Å². The van der Waals surface area contributed by atoms with Crippen molar-refractivity contribution < 1.29 is 9.15 Å². The van der Waals surface area contributed by atoms with Crippen LogP contribution in [-0.4, -0.2) is 43.8 Å². The standard InChI is InChI=1S/C14H22N2O2/c1-2-7-16(6-1)13(14-4-3-8-18-14)10-15-12-5-9-17-11-12/h3-4,8,12-13,15H,1-2,5-7,9-11H2. The Hall–Kier alpha value is -0.840. The molecule has 0 radical (unpaired) electrons. The zero-order chi connectivity index (χ0) is 12.2. The van der Waals surface area contributed by atoms with E-state index in [-0.39, 0.29) is 0 Å². The van der Waals surface area contributed by atoms with Crippen LogP contribution in [0.4, 0.5) is 0 Å². The maximum absolute atomic E-state index is 5.61. The smallest absolute Gasteiger partial charge is 0.122 e. The number of furan rings is 1. The fourth-order valence-electron chi connectivity index (χ4n) is 2.92. The Kier molecular flexibility index (Phi) is 3.98. The summed E-state index contributed by atoms with van der Waals surface area (Å²) >= 11 is 0. The molecule has 1 N–H and O–H groups in total. The molecule has 2 atom stereocenters. The van der Waals surface area contributed by atoms with Gasteiger partial charge in [0.1, 0.15) is 5.76 Å². The Labute approximate surface area is 108 Å². The maximum atomic E-state index is 5.61. The lowest BCUT2D eigenvalue weighted by molar-refractivity contribution is 0.180. The number of hydrogen-bond donors (Lipinski definition) is 1. The number of rotatable bonds is 5. The molecule has 2 aliphatic rings. The van der Waals surface area contributed by atoms with Gasteiger partial charge in [-0.15, -0.1) is 0 Å². The van der Waals surface area contributed by atoms with Crippen LogP contribution >= 0.6 is 0 Å². The summed E-state index contributed by atoms with van der Waals surface area (Å²) in [6.45, 7) is 5.08. The predicted molar refractivity (Wildman–Crippen MR) is 69.5 cm³/mol. The summed E-state index contributed by atoms with van der Waals surface area (Å²) in [7, 11) is 0. The van der Waals surface area contributed by atoms with Crippen LogP contribution in [-0.2, 0) is 4.74 Å². The van der Waals surface area contributed by atoms with Crippen LogP contribution in [0.5, 0.6) is 0 Å². The lowest BCUT2D eigenvalue weighted by Gasteiger charge is -2.27. The van der Waals surface area contributed by atoms with Crippen LogP contribution in [0, 0.1) is 0 Å². The van der Waals surface area contributed by atoms with Crippen LogP contribution in [0.2, 0.25) is 0 Å². The average Bonchev–Trinajstić information content (AvgIpc) is 3.14. The second-order valence-corrected chi connectivity index (χ2v) is 5.24. The first-order valence-electron chi connectivity index (χ1n) is 7.02. The van der Waals surface area contributed by atoms with Gasteiger partial charge in [0.05, 0.1) is 18.9 Å². The molecule has 2 unspecified atom stereocenters. The van der Waals surface area contributed by atoms with Gasteiger partial charge in [0, 0.05) is 19.2 Å². The van der Waals surface area contributed by atoms with E-state index < -0.39 is 0 Å². The molecule has 3 heterocycles. The molecule has 0 bridgehead atoms.